The van der Waals surface area contributed by atoms with E-state index in [1.807, 2.05) is 27.7 Å². The van der Waals surface area contributed by atoms with Gasteiger partial charge >= 0.3 is 5.97 Å². The first-order valence-electron chi connectivity index (χ1n) is 5.10. The summed E-state index contributed by atoms with van der Waals surface area (Å²) in [6, 6.07) is 0. The first kappa shape index (κ1) is 11.8. The van der Waals surface area contributed by atoms with Gasteiger partial charge in [-0.3, -0.25) is 4.68 Å². The SMILES string of the molecule is CCOC(=O)C(C)(C)n1ncc(C)c1C. The molecule has 0 unspecified atom stereocenters. The van der Waals surface area contributed by atoms with Gasteiger partial charge in [0.1, 0.15) is 0 Å². The van der Waals surface area contributed by atoms with E-state index < -0.39 is 5.54 Å². The molecule has 15 heavy (non-hydrogen) atoms. The summed E-state index contributed by atoms with van der Waals surface area (Å²) >= 11 is 0. The monoisotopic (exact) mass is 210 g/mol. The van der Waals surface area contributed by atoms with Gasteiger partial charge in [-0.05, 0) is 40.2 Å². The Labute approximate surface area is 90.2 Å². The Morgan fingerprint density at radius 3 is 2.53 bits per heavy atom. The minimum absolute atomic E-state index is 0.254. The first-order chi connectivity index (χ1) is 6.91. The normalized spacial score (nSPS) is 11.5. The standard InChI is InChI=1S/C11H18N2O2/c1-6-15-10(14)11(4,5)13-9(3)8(2)7-12-13/h7H,6H2,1-5H3. The number of carbonyl (C=O) groups is 1. The molecule has 1 rings (SSSR count). The van der Waals surface area contributed by atoms with E-state index in [0.29, 0.717) is 6.61 Å². The maximum Gasteiger partial charge on any atom is 0.333 e. The zero-order chi connectivity index (χ0) is 11.6. The van der Waals surface area contributed by atoms with Crippen molar-refractivity contribution in [3.8, 4) is 0 Å². The minimum atomic E-state index is -0.742. The van der Waals surface area contributed by atoms with E-state index in [-0.39, 0.29) is 5.97 Å². The summed E-state index contributed by atoms with van der Waals surface area (Å²) in [6.07, 6.45) is 1.76. The van der Waals surface area contributed by atoms with Crippen LogP contribution >= 0.6 is 0 Å². The van der Waals surface area contributed by atoms with Gasteiger partial charge in [0, 0.05) is 5.69 Å². The van der Waals surface area contributed by atoms with Crippen LogP contribution in [0.2, 0.25) is 0 Å². The fourth-order valence-electron chi connectivity index (χ4n) is 1.45. The third-order valence-corrected chi connectivity index (χ3v) is 2.56. The van der Waals surface area contributed by atoms with Gasteiger partial charge in [0.15, 0.2) is 5.54 Å². The average molecular weight is 210 g/mol. The summed E-state index contributed by atoms with van der Waals surface area (Å²) in [5.41, 5.74) is 1.33. The number of nitrogens with zero attached hydrogens (tertiary/aromatic N) is 2. The molecule has 1 aromatic heterocycles. The number of hydrogen-bond acceptors (Lipinski definition) is 3. The Bertz CT molecular complexity index is 367. The van der Waals surface area contributed by atoms with Gasteiger partial charge in [0.25, 0.3) is 0 Å². The predicted octanol–water partition coefficient (Wildman–Crippen LogP) is 1.80. The second-order valence-electron chi connectivity index (χ2n) is 4.10. The molecule has 0 aliphatic carbocycles. The molecule has 84 valence electrons. The van der Waals surface area contributed by atoms with Crippen molar-refractivity contribution in [1.29, 1.82) is 0 Å². The number of aromatic nitrogens is 2. The Balaban J connectivity index is 3.05. The summed E-state index contributed by atoms with van der Waals surface area (Å²) in [5.74, 6) is -0.254. The van der Waals surface area contributed by atoms with Crippen LogP contribution in [0.25, 0.3) is 0 Å². The maximum absolute atomic E-state index is 11.7. The molecule has 0 aromatic carbocycles. The van der Waals surface area contributed by atoms with Gasteiger partial charge in [-0.25, -0.2) is 4.79 Å². The van der Waals surface area contributed by atoms with Crippen LogP contribution in [0.1, 0.15) is 32.0 Å². The largest absolute Gasteiger partial charge is 0.464 e. The fourth-order valence-corrected chi connectivity index (χ4v) is 1.45. The topological polar surface area (TPSA) is 44.1 Å². The molecule has 0 saturated heterocycles. The van der Waals surface area contributed by atoms with Crippen LogP contribution < -0.4 is 0 Å². The molecule has 0 fully saturated rings. The maximum atomic E-state index is 11.7. The summed E-state index contributed by atoms with van der Waals surface area (Å²) in [6.45, 7) is 9.73. The summed E-state index contributed by atoms with van der Waals surface area (Å²) in [5, 5.41) is 4.21. The molecule has 1 aromatic rings. The van der Waals surface area contributed by atoms with Crippen LogP contribution in [-0.4, -0.2) is 22.4 Å². The van der Waals surface area contributed by atoms with Crippen molar-refractivity contribution < 1.29 is 9.53 Å². The number of aryl methyl sites for hydroxylation is 1. The van der Waals surface area contributed by atoms with Crippen LogP contribution in [0.3, 0.4) is 0 Å². The molecule has 1 heterocycles. The van der Waals surface area contributed by atoms with Crippen LogP contribution in [0.5, 0.6) is 0 Å². The lowest BCUT2D eigenvalue weighted by molar-refractivity contribution is -0.152. The molecule has 0 saturated carbocycles. The highest BCUT2D eigenvalue weighted by Crippen LogP contribution is 2.20. The Kier molecular flexibility index (Phi) is 3.17. The van der Waals surface area contributed by atoms with Crippen LogP contribution in [0.15, 0.2) is 6.20 Å². The van der Waals surface area contributed by atoms with E-state index in [9.17, 15) is 4.79 Å². The summed E-state index contributed by atoms with van der Waals surface area (Å²) in [7, 11) is 0. The van der Waals surface area contributed by atoms with Gasteiger partial charge < -0.3 is 4.74 Å². The van der Waals surface area contributed by atoms with Crippen LogP contribution in [0.4, 0.5) is 0 Å². The molecule has 0 aliphatic heterocycles. The van der Waals surface area contributed by atoms with E-state index in [0.717, 1.165) is 11.3 Å². The molecular weight excluding hydrogens is 192 g/mol. The molecule has 0 bridgehead atoms. The smallest absolute Gasteiger partial charge is 0.333 e. The van der Waals surface area contributed by atoms with Gasteiger partial charge in [-0.15, -0.1) is 0 Å². The van der Waals surface area contributed by atoms with Crippen molar-refractivity contribution in [1.82, 2.24) is 9.78 Å². The number of ether oxygens (including phenoxy) is 1. The Morgan fingerprint density at radius 2 is 2.13 bits per heavy atom. The second kappa shape index (κ2) is 4.04. The summed E-state index contributed by atoms with van der Waals surface area (Å²) < 4.78 is 6.73. The van der Waals surface area contributed by atoms with Crippen molar-refractivity contribution in [3.63, 3.8) is 0 Å². The van der Waals surface area contributed by atoms with E-state index in [2.05, 4.69) is 5.10 Å². The lowest BCUT2D eigenvalue weighted by Crippen LogP contribution is -2.39. The number of esters is 1. The quantitative estimate of drug-likeness (QED) is 0.714. The molecular formula is C11H18N2O2. The first-order valence-corrected chi connectivity index (χ1v) is 5.10. The molecule has 0 aliphatic rings. The molecule has 4 nitrogen and oxygen atoms in total. The zero-order valence-electron chi connectivity index (χ0n) is 10.00. The van der Waals surface area contributed by atoms with E-state index in [1.165, 1.54) is 0 Å². The highest BCUT2D eigenvalue weighted by Gasteiger charge is 2.33. The van der Waals surface area contributed by atoms with Gasteiger partial charge in [-0.1, -0.05) is 0 Å². The minimum Gasteiger partial charge on any atom is -0.464 e. The van der Waals surface area contributed by atoms with Crippen molar-refractivity contribution in [3.05, 3.63) is 17.5 Å². The van der Waals surface area contributed by atoms with Gasteiger partial charge in [0.2, 0.25) is 0 Å². The lowest BCUT2D eigenvalue weighted by Gasteiger charge is -2.24. The van der Waals surface area contributed by atoms with Crippen molar-refractivity contribution in [2.24, 2.45) is 0 Å². The van der Waals surface area contributed by atoms with E-state index in [1.54, 1.807) is 17.8 Å². The highest BCUT2D eigenvalue weighted by molar-refractivity contribution is 5.77. The molecule has 0 amide bonds. The zero-order valence-corrected chi connectivity index (χ0v) is 10.00. The average Bonchev–Trinajstić information content (AvgIpc) is 2.48. The molecule has 0 atom stereocenters. The van der Waals surface area contributed by atoms with Crippen molar-refractivity contribution >= 4 is 5.97 Å². The Morgan fingerprint density at radius 1 is 1.53 bits per heavy atom. The lowest BCUT2D eigenvalue weighted by atomic mass is 10.1. The van der Waals surface area contributed by atoms with Crippen LogP contribution in [0, 0.1) is 13.8 Å². The summed E-state index contributed by atoms with van der Waals surface area (Å²) in [4.78, 5) is 11.7. The Hall–Kier alpha value is -1.32. The molecule has 0 N–H and O–H groups in total. The van der Waals surface area contributed by atoms with Gasteiger partial charge in [-0.2, -0.15) is 5.10 Å². The third-order valence-electron chi connectivity index (χ3n) is 2.56. The number of rotatable bonds is 3. The van der Waals surface area contributed by atoms with Crippen molar-refractivity contribution in [2.75, 3.05) is 6.61 Å². The number of hydrogen-bond donors (Lipinski definition) is 0. The third kappa shape index (κ3) is 2.03. The number of carbonyl (C=O) groups excluding carboxylic acids is 1. The highest BCUT2D eigenvalue weighted by atomic mass is 16.5. The fraction of sp³-hybridized carbons (Fsp3) is 0.636. The second-order valence-corrected chi connectivity index (χ2v) is 4.10. The van der Waals surface area contributed by atoms with E-state index in [4.69, 9.17) is 4.74 Å². The molecule has 4 heteroatoms. The van der Waals surface area contributed by atoms with E-state index >= 15 is 0 Å². The van der Waals surface area contributed by atoms with Crippen LogP contribution in [-0.2, 0) is 15.1 Å². The van der Waals surface area contributed by atoms with Crippen molar-refractivity contribution in [2.45, 2.75) is 40.2 Å². The van der Waals surface area contributed by atoms with Gasteiger partial charge in [0.05, 0.1) is 12.8 Å². The predicted molar refractivity (Wildman–Crippen MR) is 57.7 cm³/mol. The molecule has 0 spiro atoms. The molecule has 0 radical (unpaired) electrons.